The Bertz CT molecular complexity index is 650. The van der Waals surface area contributed by atoms with Crippen molar-refractivity contribution in [3.63, 3.8) is 0 Å². The Hall–Kier alpha value is -1.11. The maximum absolute atomic E-state index is 12.5. The number of hydrogen-bond donors (Lipinski definition) is 1. The molecule has 0 saturated carbocycles. The number of carbonyl (C=O) groups is 1. The van der Waals surface area contributed by atoms with Crippen molar-refractivity contribution in [2.75, 3.05) is 13.1 Å². The van der Waals surface area contributed by atoms with Crippen molar-refractivity contribution in [2.24, 2.45) is 5.14 Å². The topological polar surface area (TPSA) is 80.5 Å². The standard InChI is InChI=1S/C14H19ClN2O3S/c1-10-8-11(9-12(13(10)15)21(16,19)20)14(18)17-6-4-2-3-5-7-17/h8-9H,2-7H2,1H3,(H2,16,19,20). The molecule has 1 aliphatic rings. The molecule has 1 saturated heterocycles. The maximum Gasteiger partial charge on any atom is 0.253 e. The number of nitrogens with two attached hydrogens (primary N) is 1. The van der Waals surface area contributed by atoms with Crippen LogP contribution in [0.2, 0.25) is 5.02 Å². The summed E-state index contributed by atoms with van der Waals surface area (Å²) in [5, 5.41) is 5.24. The lowest BCUT2D eigenvalue weighted by atomic mass is 10.1. The summed E-state index contributed by atoms with van der Waals surface area (Å²) in [7, 11) is -3.95. The fourth-order valence-electron chi connectivity index (χ4n) is 2.52. The molecule has 0 atom stereocenters. The number of nitrogens with zero attached hydrogens (tertiary/aromatic N) is 1. The van der Waals surface area contributed by atoms with Crippen molar-refractivity contribution in [1.82, 2.24) is 4.90 Å². The van der Waals surface area contributed by atoms with Crippen molar-refractivity contribution < 1.29 is 13.2 Å². The highest BCUT2D eigenvalue weighted by molar-refractivity contribution is 7.89. The van der Waals surface area contributed by atoms with Crippen LogP contribution in [0.4, 0.5) is 0 Å². The molecule has 2 N–H and O–H groups in total. The van der Waals surface area contributed by atoms with Crippen LogP contribution < -0.4 is 5.14 Å². The van der Waals surface area contributed by atoms with E-state index in [9.17, 15) is 13.2 Å². The van der Waals surface area contributed by atoms with Crippen LogP contribution in [0.15, 0.2) is 17.0 Å². The number of rotatable bonds is 2. The quantitative estimate of drug-likeness (QED) is 0.903. The highest BCUT2D eigenvalue weighted by atomic mass is 35.5. The zero-order valence-corrected chi connectivity index (χ0v) is 13.5. The van der Waals surface area contributed by atoms with E-state index >= 15 is 0 Å². The zero-order valence-electron chi connectivity index (χ0n) is 11.9. The predicted octanol–water partition coefficient (Wildman–Crippen LogP) is 2.31. The Morgan fingerprint density at radius 1 is 1.19 bits per heavy atom. The third-order valence-electron chi connectivity index (χ3n) is 3.67. The van der Waals surface area contributed by atoms with E-state index in [1.165, 1.54) is 6.07 Å². The third-order valence-corrected chi connectivity index (χ3v) is 5.22. The van der Waals surface area contributed by atoms with Gasteiger partial charge in [-0.1, -0.05) is 24.4 Å². The van der Waals surface area contributed by atoms with E-state index in [4.69, 9.17) is 16.7 Å². The van der Waals surface area contributed by atoms with Crippen LogP contribution >= 0.6 is 11.6 Å². The van der Waals surface area contributed by atoms with Crippen LogP contribution in [0, 0.1) is 6.92 Å². The summed E-state index contributed by atoms with van der Waals surface area (Å²) in [6.45, 7) is 3.06. The highest BCUT2D eigenvalue weighted by Gasteiger charge is 2.22. The Balaban J connectivity index is 2.39. The number of primary sulfonamides is 1. The first-order valence-corrected chi connectivity index (χ1v) is 8.85. The maximum atomic E-state index is 12.5. The van der Waals surface area contributed by atoms with Crippen molar-refractivity contribution >= 4 is 27.5 Å². The van der Waals surface area contributed by atoms with Crippen LogP contribution in [-0.4, -0.2) is 32.3 Å². The molecule has 1 aromatic carbocycles. The first-order chi connectivity index (χ1) is 9.80. The first kappa shape index (κ1) is 16.3. The average Bonchev–Trinajstić information content (AvgIpc) is 2.68. The molecule has 7 heteroatoms. The zero-order chi connectivity index (χ0) is 15.6. The SMILES string of the molecule is Cc1cc(C(=O)N2CCCCCC2)cc(S(N)(=O)=O)c1Cl. The molecule has 0 bridgehead atoms. The summed E-state index contributed by atoms with van der Waals surface area (Å²) in [6.07, 6.45) is 4.18. The molecule has 21 heavy (non-hydrogen) atoms. The number of benzene rings is 1. The second-order valence-electron chi connectivity index (χ2n) is 5.36. The number of halogens is 1. The smallest absolute Gasteiger partial charge is 0.253 e. The van der Waals surface area contributed by atoms with Crippen molar-refractivity contribution in [2.45, 2.75) is 37.5 Å². The lowest BCUT2D eigenvalue weighted by molar-refractivity contribution is 0.0761. The van der Waals surface area contributed by atoms with Gasteiger partial charge in [-0.2, -0.15) is 0 Å². The molecule has 2 rings (SSSR count). The van der Waals surface area contributed by atoms with Crippen LogP contribution in [0.1, 0.15) is 41.6 Å². The molecule has 0 aliphatic carbocycles. The minimum atomic E-state index is -3.95. The van der Waals surface area contributed by atoms with Crippen LogP contribution in [-0.2, 0) is 10.0 Å². The van der Waals surface area contributed by atoms with Gasteiger partial charge in [0, 0.05) is 18.7 Å². The Kier molecular flexibility index (Phi) is 4.91. The molecule has 0 unspecified atom stereocenters. The second kappa shape index (κ2) is 6.34. The number of sulfonamides is 1. The fourth-order valence-corrected chi connectivity index (χ4v) is 3.66. The molecular formula is C14H19ClN2O3S. The van der Waals surface area contributed by atoms with Crippen LogP contribution in [0.5, 0.6) is 0 Å². The highest BCUT2D eigenvalue weighted by Crippen LogP contribution is 2.27. The van der Waals surface area contributed by atoms with Gasteiger partial charge in [0.25, 0.3) is 5.91 Å². The Morgan fingerprint density at radius 3 is 2.29 bits per heavy atom. The lowest BCUT2D eigenvalue weighted by Crippen LogP contribution is -2.32. The molecular weight excluding hydrogens is 312 g/mol. The summed E-state index contributed by atoms with van der Waals surface area (Å²) in [5.74, 6) is -0.165. The Labute approximate surface area is 130 Å². The van der Waals surface area contributed by atoms with E-state index in [-0.39, 0.29) is 15.8 Å². The molecule has 1 aliphatic heterocycles. The van der Waals surface area contributed by atoms with Gasteiger partial charge in [0.2, 0.25) is 10.0 Å². The summed E-state index contributed by atoms with van der Waals surface area (Å²) in [5.41, 5.74) is 0.851. The van der Waals surface area contributed by atoms with Gasteiger partial charge in [0.05, 0.1) is 5.02 Å². The largest absolute Gasteiger partial charge is 0.339 e. The minimum Gasteiger partial charge on any atom is -0.339 e. The summed E-state index contributed by atoms with van der Waals surface area (Å²) in [6, 6.07) is 2.89. The predicted molar refractivity (Wildman–Crippen MR) is 81.9 cm³/mol. The second-order valence-corrected chi connectivity index (χ2v) is 7.26. The molecule has 1 fully saturated rings. The van der Waals surface area contributed by atoms with E-state index in [0.717, 1.165) is 25.7 Å². The normalized spacial score (nSPS) is 16.6. The van der Waals surface area contributed by atoms with Gasteiger partial charge in [-0.3, -0.25) is 4.79 Å². The molecule has 0 aromatic heterocycles. The van der Waals surface area contributed by atoms with E-state index < -0.39 is 10.0 Å². The monoisotopic (exact) mass is 330 g/mol. The van der Waals surface area contributed by atoms with Gasteiger partial charge in [0.15, 0.2) is 0 Å². The molecule has 1 aromatic rings. The third kappa shape index (κ3) is 3.75. The van der Waals surface area contributed by atoms with E-state index in [1.54, 1.807) is 17.9 Å². The number of hydrogen-bond acceptors (Lipinski definition) is 3. The summed E-state index contributed by atoms with van der Waals surface area (Å²) >= 11 is 5.98. The number of likely N-dealkylation sites (tertiary alicyclic amines) is 1. The van der Waals surface area contributed by atoms with Crippen molar-refractivity contribution in [3.8, 4) is 0 Å². The van der Waals surface area contributed by atoms with Crippen molar-refractivity contribution in [3.05, 3.63) is 28.3 Å². The number of amides is 1. The van der Waals surface area contributed by atoms with Crippen molar-refractivity contribution in [1.29, 1.82) is 0 Å². The molecule has 0 spiro atoms. The Morgan fingerprint density at radius 2 is 1.76 bits per heavy atom. The van der Waals surface area contributed by atoms with Gasteiger partial charge < -0.3 is 4.90 Å². The number of carbonyl (C=O) groups excluding carboxylic acids is 1. The molecule has 116 valence electrons. The van der Waals surface area contributed by atoms with E-state index in [0.29, 0.717) is 24.2 Å². The molecule has 5 nitrogen and oxygen atoms in total. The first-order valence-electron chi connectivity index (χ1n) is 6.93. The van der Waals surface area contributed by atoms with E-state index in [2.05, 4.69) is 0 Å². The fraction of sp³-hybridized carbons (Fsp3) is 0.500. The van der Waals surface area contributed by atoms with Gasteiger partial charge in [-0.15, -0.1) is 0 Å². The summed E-state index contributed by atoms with van der Waals surface area (Å²) < 4.78 is 23.2. The molecule has 1 amide bonds. The van der Waals surface area contributed by atoms with Crippen LogP contribution in [0.3, 0.4) is 0 Å². The lowest BCUT2D eigenvalue weighted by Gasteiger charge is -2.21. The number of aryl methyl sites for hydroxylation is 1. The van der Waals surface area contributed by atoms with Crippen LogP contribution in [0.25, 0.3) is 0 Å². The summed E-state index contributed by atoms with van der Waals surface area (Å²) in [4.78, 5) is 14.1. The van der Waals surface area contributed by atoms with Gasteiger partial charge in [0.1, 0.15) is 4.90 Å². The van der Waals surface area contributed by atoms with Gasteiger partial charge in [-0.05, 0) is 37.5 Å². The average molecular weight is 331 g/mol. The van der Waals surface area contributed by atoms with Gasteiger partial charge in [-0.25, -0.2) is 13.6 Å². The minimum absolute atomic E-state index is 0.0740. The van der Waals surface area contributed by atoms with E-state index in [1.807, 2.05) is 0 Å². The molecule has 1 heterocycles. The van der Waals surface area contributed by atoms with Gasteiger partial charge >= 0.3 is 0 Å². The molecule has 0 radical (unpaired) electrons.